The van der Waals surface area contributed by atoms with Gasteiger partial charge >= 0.3 is 0 Å². The van der Waals surface area contributed by atoms with E-state index < -0.39 is 0 Å². The lowest BCUT2D eigenvalue weighted by atomic mass is 9.95. The average molecular weight is 153 g/mol. The summed E-state index contributed by atoms with van der Waals surface area (Å²) in [4.78, 5) is 2.32. The van der Waals surface area contributed by atoms with E-state index in [-0.39, 0.29) is 0 Å². The summed E-state index contributed by atoms with van der Waals surface area (Å²) in [6.45, 7) is 0.782. The third-order valence-electron chi connectivity index (χ3n) is 2.62. The van der Waals surface area contributed by atoms with Gasteiger partial charge in [0.15, 0.2) is 6.73 Å². The molecule has 1 fully saturated rings. The number of nitrogens with zero attached hydrogens (tertiary/aromatic N) is 1. The molecule has 2 aliphatic rings. The van der Waals surface area contributed by atoms with Crippen molar-refractivity contribution in [1.82, 2.24) is 4.90 Å². The van der Waals surface area contributed by atoms with Gasteiger partial charge in [-0.1, -0.05) is 19.3 Å². The van der Waals surface area contributed by atoms with Gasteiger partial charge in [0.2, 0.25) is 0 Å². The molecule has 1 heterocycles. The van der Waals surface area contributed by atoms with Crippen LogP contribution in [0.3, 0.4) is 0 Å². The maximum Gasteiger partial charge on any atom is 0.160 e. The molecule has 2 rings (SSSR count). The Morgan fingerprint density at radius 2 is 2.00 bits per heavy atom. The molecule has 0 unspecified atom stereocenters. The van der Waals surface area contributed by atoms with Crippen LogP contribution in [0.15, 0.2) is 12.5 Å². The van der Waals surface area contributed by atoms with Crippen LogP contribution in [-0.4, -0.2) is 17.7 Å². The summed E-state index contributed by atoms with van der Waals surface area (Å²) < 4.78 is 5.16. The molecule has 0 bridgehead atoms. The van der Waals surface area contributed by atoms with Gasteiger partial charge in [0, 0.05) is 12.2 Å². The van der Waals surface area contributed by atoms with Crippen molar-refractivity contribution in [2.75, 3.05) is 6.73 Å². The van der Waals surface area contributed by atoms with E-state index in [1.807, 2.05) is 0 Å². The van der Waals surface area contributed by atoms with Crippen LogP contribution in [-0.2, 0) is 4.74 Å². The quantitative estimate of drug-likeness (QED) is 0.572. The molecule has 0 spiro atoms. The molecule has 0 amide bonds. The summed E-state index contributed by atoms with van der Waals surface area (Å²) in [6, 6.07) is 0.766. The van der Waals surface area contributed by atoms with Gasteiger partial charge in [0.05, 0.1) is 0 Å². The highest BCUT2D eigenvalue weighted by molar-refractivity contribution is 4.86. The second-order valence-electron chi connectivity index (χ2n) is 3.39. The van der Waals surface area contributed by atoms with Crippen molar-refractivity contribution in [2.45, 2.75) is 38.1 Å². The summed E-state index contributed by atoms with van der Waals surface area (Å²) in [5, 5.41) is 0. The van der Waals surface area contributed by atoms with Crippen LogP contribution in [0.1, 0.15) is 32.1 Å². The normalized spacial score (nSPS) is 25.6. The van der Waals surface area contributed by atoms with E-state index in [0.29, 0.717) is 0 Å². The van der Waals surface area contributed by atoms with Crippen molar-refractivity contribution in [3.8, 4) is 0 Å². The maximum absolute atomic E-state index is 5.16. The molecule has 0 aromatic rings. The van der Waals surface area contributed by atoms with E-state index in [1.54, 1.807) is 6.26 Å². The van der Waals surface area contributed by atoms with E-state index >= 15 is 0 Å². The molecule has 2 nitrogen and oxygen atoms in total. The Bertz CT molecular complexity index is 150. The highest BCUT2D eigenvalue weighted by Gasteiger charge is 2.20. The number of rotatable bonds is 1. The molecule has 1 saturated carbocycles. The first-order valence-electron chi connectivity index (χ1n) is 4.51. The van der Waals surface area contributed by atoms with Gasteiger partial charge in [0.1, 0.15) is 6.26 Å². The summed E-state index contributed by atoms with van der Waals surface area (Å²) in [5.41, 5.74) is 0. The number of hydrogen-bond acceptors (Lipinski definition) is 2. The lowest BCUT2D eigenvalue weighted by molar-refractivity contribution is 0.117. The Hall–Kier alpha value is -0.660. The predicted octanol–water partition coefficient (Wildman–Crippen LogP) is 2.08. The fourth-order valence-electron chi connectivity index (χ4n) is 1.93. The molecular weight excluding hydrogens is 138 g/mol. The van der Waals surface area contributed by atoms with Crippen molar-refractivity contribution in [2.24, 2.45) is 0 Å². The minimum atomic E-state index is 0.766. The molecule has 0 saturated heterocycles. The molecule has 2 heteroatoms. The lowest BCUT2D eigenvalue weighted by Crippen LogP contribution is -2.31. The Balaban J connectivity index is 1.87. The summed E-state index contributed by atoms with van der Waals surface area (Å²) in [6.07, 6.45) is 10.8. The fraction of sp³-hybridized carbons (Fsp3) is 0.778. The third kappa shape index (κ3) is 1.50. The molecule has 1 aliphatic carbocycles. The zero-order valence-electron chi connectivity index (χ0n) is 6.83. The van der Waals surface area contributed by atoms with E-state index in [2.05, 4.69) is 11.1 Å². The van der Waals surface area contributed by atoms with Crippen LogP contribution < -0.4 is 0 Å². The Kier molecular flexibility index (Phi) is 2.01. The van der Waals surface area contributed by atoms with E-state index in [4.69, 9.17) is 4.74 Å². The first kappa shape index (κ1) is 7.01. The first-order valence-corrected chi connectivity index (χ1v) is 4.51. The van der Waals surface area contributed by atoms with E-state index in [9.17, 15) is 0 Å². The number of ether oxygens (including phenoxy) is 1. The van der Waals surface area contributed by atoms with Crippen LogP contribution in [0, 0.1) is 0 Å². The van der Waals surface area contributed by atoms with Crippen LogP contribution >= 0.6 is 0 Å². The topological polar surface area (TPSA) is 12.5 Å². The summed E-state index contributed by atoms with van der Waals surface area (Å²) in [7, 11) is 0. The van der Waals surface area contributed by atoms with Crippen LogP contribution in [0.25, 0.3) is 0 Å². The van der Waals surface area contributed by atoms with Gasteiger partial charge in [-0.3, -0.25) is 0 Å². The Morgan fingerprint density at radius 1 is 1.18 bits per heavy atom. The molecule has 0 aromatic heterocycles. The van der Waals surface area contributed by atoms with Crippen molar-refractivity contribution >= 4 is 0 Å². The van der Waals surface area contributed by atoms with Gasteiger partial charge in [-0.15, -0.1) is 0 Å². The lowest BCUT2D eigenvalue weighted by Gasteiger charge is -2.29. The van der Waals surface area contributed by atoms with Gasteiger partial charge in [-0.2, -0.15) is 0 Å². The maximum atomic E-state index is 5.16. The average Bonchev–Trinajstić information content (AvgIpc) is 2.58. The minimum Gasteiger partial charge on any atom is -0.479 e. The fourth-order valence-corrected chi connectivity index (χ4v) is 1.93. The highest BCUT2D eigenvalue weighted by Crippen LogP contribution is 2.23. The highest BCUT2D eigenvalue weighted by atomic mass is 16.5. The predicted molar refractivity (Wildman–Crippen MR) is 43.8 cm³/mol. The molecule has 0 aromatic carbocycles. The monoisotopic (exact) mass is 153 g/mol. The van der Waals surface area contributed by atoms with Gasteiger partial charge in [0.25, 0.3) is 0 Å². The third-order valence-corrected chi connectivity index (χ3v) is 2.62. The van der Waals surface area contributed by atoms with Crippen molar-refractivity contribution in [1.29, 1.82) is 0 Å². The molecule has 62 valence electrons. The van der Waals surface area contributed by atoms with Crippen LogP contribution in [0.5, 0.6) is 0 Å². The Labute approximate surface area is 67.8 Å². The van der Waals surface area contributed by atoms with Gasteiger partial charge in [-0.05, 0) is 12.8 Å². The SMILES string of the molecule is C1=CN(C2CCCCC2)CO1. The Morgan fingerprint density at radius 3 is 2.64 bits per heavy atom. The summed E-state index contributed by atoms with van der Waals surface area (Å²) in [5.74, 6) is 0. The zero-order valence-corrected chi connectivity index (χ0v) is 6.83. The first-order chi connectivity index (χ1) is 5.47. The minimum absolute atomic E-state index is 0.766. The van der Waals surface area contributed by atoms with Crippen molar-refractivity contribution < 1.29 is 4.74 Å². The number of hydrogen-bond donors (Lipinski definition) is 0. The smallest absolute Gasteiger partial charge is 0.160 e. The second kappa shape index (κ2) is 3.16. The van der Waals surface area contributed by atoms with Crippen LogP contribution in [0.2, 0.25) is 0 Å². The van der Waals surface area contributed by atoms with E-state index in [1.165, 1.54) is 32.1 Å². The standard InChI is InChI=1S/C9H15NO/c1-2-4-9(5-3-1)10-6-7-11-8-10/h6-7,9H,1-5,8H2. The molecular formula is C9H15NO. The van der Waals surface area contributed by atoms with E-state index in [0.717, 1.165) is 12.8 Å². The molecule has 11 heavy (non-hydrogen) atoms. The van der Waals surface area contributed by atoms with Crippen molar-refractivity contribution in [3.05, 3.63) is 12.5 Å². The zero-order chi connectivity index (χ0) is 7.52. The molecule has 0 atom stereocenters. The molecule has 1 aliphatic heterocycles. The van der Waals surface area contributed by atoms with Gasteiger partial charge in [-0.25, -0.2) is 0 Å². The molecule has 0 radical (unpaired) electrons. The van der Waals surface area contributed by atoms with Gasteiger partial charge < -0.3 is 9.64 Å². The second-order valence-corrected chi connectivity index (χ2v) is 3.39. The largest absolute Gasteiger partial charge is 0.479 e. The molecule has 0 N–H and O–H groups in total. The van der Waals surface area contributed by atoms with Crippen molar-refractivity contribution in [3.63, 3.8) is 0 Å². The summed E-state index contributed by atoms with van der Waals surface area (Å²) >= 11 is 0. The van der Waals surface area contributed by atoms with Crippen LogP contribution in [0.4, 0.5) is 0 Å².